The van der Waals surface area contributed by atoms with Gasteiger partial charge >= 0.3 is 0 Å². The van der Waals surface area contributed by atoms with Crippen molar-refractivity contribution in [2.24, 2.45) is 17.7 Å². The second-order valence-corrected chi connectivity index (χ2v) is 14.0. The molecule has 4 amide bonds. The number of aliphatic hydroxyl groups is 1. The zero-order valence-corrected chi connectivity index (χ0v) is 33.7. The maximum atomic E-state index is 13.9. The van der Waals surface area contributed by atoms with Crippen LogP contribution in [-0.4, -0.2) is 181 Å². The van der Waals surface area contributed by atoms with Crippen molar-refractivity contribution in [1.82, 2.24) is 25.3 Å². The molecule has 0 saturated carbocycles. The van der Waals surface area contributed by atoms with E-state index >= 15 is 0 Å². The van der Waals surface area contributed by atoms with Gasteiger partial charge in [0.2, 0.25) is 23.6 Å². The fraction of sp³-hybridized carbons (Fsp3) is 0.889. The van der Waals surface area contributed by atoms with E-state index < -0.39 is 29.7 Å². The second-order valence-electron chi connectivity index (χ2n) is 14.0. The highest BCUT2D eigenvalue weighted by Gasteiger charge is 2.42. The van der Waals surface area contributed by atoms with Crippen LogP contribution in [0.2, 0.25) is 0 Å². The highest BCUT2D eigenvalue weighted by Crippen LogP contribution is 2.29. The smallest absolute Gasteiger partial charge is 0.242 e. The van der Waals surface area contributed by atoms with Crippen molar-refractivity contribution in [2.75, 3.05) is 107 Å². The van der Waals surface area contributed by atoms with Gasteiger partial charge in [-0.1, -0.05) is 27.2 Å². The minimum atomic E-state index is -0.926. The van der Waals surface area contributed by atoms with Crippen LogP contribution in [0.25, 0.3) is 0 Å². The average molecular weight is 763 g/mol. The summed E-state index contributed by atoms with van der Waals surface area (Å²) >= 11 is 0. The van der Waals surface area contributed by atoms with Gasteiger partial charge in [0.1, 0.15) is 0 Å². The van der Waals surface area contributed by atoms with Crippen molar-refractivity contribution in [3.8, 4) is 0 Å². The maximum absolute atomic E-state index is 13.9. The number of likely N-dealkylation sites (tertiary alicyclic amines) is 1. The lowest BCUT2D eigenvalue weighted by atomic mass is 9.90. The molecular weight excluding hydrogens is 692 g/mol. The molecule has 0 bridgehead atoms. The standard InChI is InChI=1S/C36H70N6O11/c1-10-26(2)32(29(48-8)24-30(44)42-14-11-12-28(42)33(49-9)27(3)34(46)38-13-16-43)41(7)31(45)25-39-35(47)36(4,5)40(6)15-17-50-18-19-51-20-21-52-22-23-53-37/h26-29,32-33,43H,10-25,37H2,1-9H3,(H,38,46)(H,39,47). The van der Waals surface area contributed by atoms with Crippen molar-refractivity contribution in [3.63, 3.8) is 0 Å². The van der Waals surface area contributed by atoms with Gasteiger partial charge in [-0.25, -0.2) is 5.90 Å². The molecule has 1 aliphatic heterocycles. The zero-order valence-electron chi connectivity index (χ0n) is 33.7. The van der Waals surface area contributed by atoms with Crippen molar-refractivity contribution >= 4 is 23.6 Å². The highest BCUT2D eigenvalue weighted by atomic mass is 16.6. The first-order valence-electron chi connectivity index (χ1n) is 18.8. The molecule has 0 aromatic heterocycles. The lowest BCUT2D eigenvalue weighted by molar-refractivity contribution is -0.146. The monoisotopic (exact) mass is 763 g/mol. The van der Waals surface area contributed by atoms with Crippen molar-refractivity contribution in [1.29, 1.82) is 0 Å². The third kappa shape index (κ3) is 16.0. The van der Waals surface area contributed by atoms with Gasteiger partial charge in [0.05, 0.1) is 102 Å². The number of ether oxygens (including phenoxy) is 5. The first kappa shape index (κ1) is 48.5. The van der Waals surface area contributed by atoms with Crippen LogP contribution >= 0.6 is 0 Å². The first-order chi connectivity index (χ1) is 25.2. The van der Waals surface area contributed by atoms with Gasteiger partial charge in [-0.15, -0.1) is 0 Å². The molecule has 1 rings (SSSR count). The molecule has 0 radical (unpaired) electrons. The summed E-state index contributed by atoms with van der Waals surface area (Å²) in [6, 6.07) is -0.756. The molecule has 17 nitrogen and oxygen atoms in total. The van der Waals surface area contributed by atoms with Crippen LogP contribution in [0.5, 0.6) is 0 Å². The second kappa shape index (κ2) is 26.3. The lowest BCUT2D eigenvalue weighted by Crippen LogP contribution is -2.57. The number of aliphatic hydroxyl groups excluding tert-OH is 1. The van der Waals surface area contributed by atoms with Gasteiger partial charge in [-0.2, -0.15) is 0 Å². The van der Waals surface area contributed by atoms with Crippen LogP contribution in [-0.2, 0) is 47.7 Å². The third-order valence-corrected chi connectivity index (χ3v) is 10.3. The molecule has 5 N–H and O–H groups in total. The first-order valence-corrected chi connectivity index (χ1v) is 18.8. The Kier molecular flexibility index (Phi) is 24.1. The fourth-order valence-electron chi connectivity index (χ4n) is 6.47. The van der Waals surface area contributed by atoms with Gasteiger partial charge in [-0.3, -0.25) is 24.1 Å². The van der Waals surface area contributed by atoms with Crippen LogP contribution < -0.4 is 16.5 Å². The van der Waals surface area contributed by atoms with E-state index in [1.54, 1.807) is 37.6 Å². The number of nitrogens with zero attached hydrogens (tertiary/aromatic N) is 3. The third-order valence-electron chi connectivity index (χ3n) is 10.3. The van der Waals surface area contributed by atoms with E-state index in [2.05, 4.69) is 15.5 Å². The molecule has 0 spiro atoms. The van der Waals surface area contributed by atoms with E-state index in [9.17, 15) is 19.2 Å². The summed E-state index contributed by atoms with van der Waals surface area (Å²) in [6.45, 7) is 12.9. The fourth-order valence-corrected chi connectivity index (χ4v) is 6.47. The lowest BCUT2D eigenvalue weighted by Gasteiger charge is -2.39. The summed E-state index contributed by atoms with van der Waals surface area (Å²) < 4.78 is 28.1. The van der Waals surface area contributed by atoms with Gasteiger partial charge in [-0.05, 0) is 39.7 Å². The molecule has 17 heteroatoms. The molecule has 1 saturated heterocycles. The largest absolute Gasteiger partial charge is 0.395 e. The summed E-state index contributed by atoms with van der Waals surface area (Å²) in [4.78, 5) is 63.1. The summed E-state index contributed by atoms with van der Waals surface area (Å²) in [5, 5.41) is 14.6. The number of rotatable bonds is 29. The number of hydrogen-bond acceptors (Lipinski definition) is 13. The molecule has 6 atom stereocenters. The van der Waals surface area contributed by atoms with E-state index in [0.29, 0.717) is 65.8 Å². The Labute approximate surface area is 316 Å². The predicted molar refractivity (Wildman–Crippen MR) is 199 cm³/mol. The van der Waals surface area contributed by atoms with Crippen molar-refractivity contribution < 1.29 is 52.8 Å². The van der Waals surface area contributed by atoms with E-state index in [4.69, 9.17) is 34.7 Å². The summed E-state index contributed by atoms with van der Waals surface area (Å²) in [5.41, 5.74) is -0.926. The van der Waals surface area contributed by atoms with Crippen molar-refractivity contribution in [2.45, 2.75) is 90.1 Å². The number of likely N-dealkylation sites (N-methyl/N-ethyl adjacent to an activating group) is 2. The number of hydrogen-bond donors (Lipinski definition) is 4. The molecule has 1 fully saturated rings. The minimum Gasteiger partial charge on any atom is -0.395 e. The van der Waals surface area contributed by atoms with Gasteiger partial charge in [0.15, 0.2) is 0 Å². The Bertz CT molecular complexity index is 1070. The number of carbonyl (C=O) groups excluding carboxylic acids is 4. The summed E-state index contributed by atoms with van der Waals surface area (Å²) in [6.07, 6.45) is 1.06. The van der Waals surface area contributed by atoms with Gasteiger partial charge in [0, 0.05) is 40.9 Å². The Morgan fingerprint density at radius 1 is 0.943 bits per heavy atom. The van der Waals surface area contributed by atoms with E-state index in [0.717, 1.165) is 12.8 Å². The Morgan fingerprint density at radius 2 is 1.55 bits per heavy atom. The number of nitrogens with two attached hydrogens (primary N) is 1. The molecular formula is C36H70N6O11. The van der Waals surface area contributed by atoms with Gasteiger partial charge in [0.25, 0.3) is 0 Å². The van der Waals surface area contributed by atoms with Crippen LogP contribution in [0, 0.1) is 11.8 Å². The number of methoxy groups -OCH3 is 2. The van der Waals surface area contributed by atoms with Crippen LogP contribution in [0.1, 0.15) is 60.3 Å². The number of carbonyl (C=O) groups is 4. The van der Waals surface area contributed by atoms with Crippen LogP contribution in [0.4, 0.5) is 0 Å². The highest BCUT2D eigenvalue weighted by molar-refractivity contribution is 5.89. The summed E-state index contributed by atoms with van der Waals surface area (Å²) in [5.74, 6) is 3.36. The summed E-state index contributed by atoms with van der Waals surface area (Å²) in [7, 11) is 6.57. The van der Waals surface area contributed by atoms with Gasteiger partial charge < -0.3 is 54.1 Å². The molecule has 0 aromatic rings. The Hall–Kier alpha value is -2.48. The quantitative estimate of drug-likeness (QED) is 0.0576. The Morgan fingerprint density at radius 3 is 2.09 bits per heavy atom. The van der Waals surface area contributed by atoms with E-state index in [1.165, 1.54) is 14.2 Å². The van der Waals surface area contributed by atoms with Crippen LogP contribution in [0.3, 0.4) is 0 Å². The molecule has 6 unspecified atom stereocenters. The predicted octanol–water partition coefficient (Wildman–Crippen LogP) is -0.218. The maximum Gasteiger partial charge on any atom is 0.242 e. The minimum absolute atomic E-state index is 0.0218. The molecule has 1 heterocycles. The number of amides is 4. The van der Waals surface area contributed by atoms with E-state index in [-0.39, 0.29) is 61.7 Å². The molecule has 0 aromatic carbocycles. The van der Waals surface area contributed by atoms with Crippen LogP contribution in [0.15, 0.2) is 0 Å². The topological polar surface area (TPSA) is 204 Å². The molecule has 53 heavy (non-hydrogen) atoms. The number of nitrogens with one attached hydrogen (secondary N) is 2. The molecule has 1 aliphatic rings. The van der Waals surface area contributed by atoms with Crippen molar-refractivity contribution in [3.05, 3.63) is 0 Å². The van der Waals surface area contributed by atoms with E-state index in [1.807, 2.05) is 25.8 Å². The molecule has 310 valence electrons. The Balaban J connectivity index is 2.77. The molecule has 0 aliphatic carbocycles. The zero-order chi connectivity index (χ0) is 40.0. The average Bonchev–Trinajstić information content (AvgIpc) is 3.63. The SMILES string of the molecule is CCC(C)C(C(CC(=O)N1CCCC1C(OC)C(C)C(=O)NCCO)OC)N(C)C(=O)CNC(=O)C(C)(C)N(C)CCOCCOCCOCCON. The normalized spacial score (nSPS) is 17.7.